The Kier molecular flexibility index (Phi) is 1.95. The summed E-state index contributed by atoms with van der Waals surface area (Å²) in [6.45, 7) is 4.60. The van der Waals surface area contributed by atoms with Gasteiger partial charge in [0.2, 0.25) is 0 Å². The molecule has 76 valence electrons. The van der Waals surface area contributed by atoms with Crippen molar-refractivity contribution in [2.45, 2.75) is 31.3 Å². The van der Waals surface area contributed by atoms with Crippen molar-refractivity contribution in [2.75, 3.05) is 6.54 Å². The average Bonchev–Trinajstić information content (AvgIpc) is 2.37. The highest BCUT2D eigenvalue weighted by Gasteiger charge is 2.45. The molecular weight excluding hydrogens is 174 g/mol. The largest absolute Gasteiger partial charge is 0.384 e. The van der Waals surface area contributed by atoms with Gasteiger partial charge in [-0.15, -0.1) is 0 Å². The van der Waals surface area contributed by atoms with E-state index in [1.54, 1.807) is 0 Å². The van der Waals surface area contributed by atoms with Crippen LogP contribution in [0.4, 0.5) is 0 Å². The molecule has 0 saturated heterocycles. The summed E-state index contributed by atoms with van der Waals surface area (Å²) in [5, 5.41) is 10.4. The van der Waals surface area contributed by atoms with Crippen molar-refractivity contribution in [1.29, 1.82) is 0 Å². The van der Waals surface area contributed by atoms with E-state index in [9.17, 15) is 5.11 Å². The highest BCUT2D eigenvalue weighted by Crippen LogP contribution is 2.47. The number of hydrogen-bond acceptors (Lipinski definition) is 2. The lowest BCUT2D eigenvalue weighted by molar-refractivity contribution is 0.0348. The molecule has 1 atom stereocenters. The van der Waals surface area contributed by atoms with Crippen molar-refractivity contribution < 1.29 is 5.11 Å². The molecule has 1 unspecified atom stereocenters. The van der Waals surface area contributed by atoms with E-state index in [1.807, 2.05) is 18.2 Å². The number of aliphatic hydroxyl groups is 1. The van der Waals surface area contributed by atoms with Crippen LogP contribution in [-0.2, 0) is 11.0 Å². The van der Waals surface area contributed by atoms with E-state index >= 15 is 0 Å². The summed E-state index contributed by atoms with van der Waals surface area (Å²) in [5.74, 6) is 0. The van der Waals surface area contributed by atoms with Crippen LogP contribution < -0.4 is 5.73 Å². The standard InChI is InChI=1S/C12H17NO/c1-11(2)7-12(14,8-13)10-6-4-3-5-9(10)11/h3-6,14H,7-8,13H2,1-2H3. The molecule has 2 nitrogen and oxygen atoms in total. The molecule has 2 rings (SSSR count). The minimum atomic E-state index is -0.819. The monoisotopic (exact) mass is 191 g/mol. The van der Waals surface area contributed by atoms with Crippen LogP contribution >= 0.6 is 0 Å². The zero-order chi connectivity index (χ0) is 10.4. The van der Waals surface area contributed by atoms with E-state index < -0.39 is 5.60 Å². The van der Waals surface area contributed by atoms with Crippen molar-refractivity contribution in [3.8, 4) is 0 Å². The van der Waals surface area contributed by atoms with Gasteiger partial charge in [0.1, 0.15) is 5.60 Å². The Morgan fingerprint density at radius 2 is 1.86 bits per heavy atom. The molecule has 1 aromatic rings. The zero-order valence-corrected chi connectivity index (χ0v) is 8.75. The van der Waals surface area contributed by atoms with E-state index in [4.69, 9.17) is 5.73 Å². The normalized spacial score (nSPS) is 28.9. The minimum absolute atomic E-state index is 0.0325. The van der Waals surface area contributed by atoms with Gasteiger partial charge in [0.25, 0.3) is 0 Å². The summed E-state index contributed by atoms with van der Waals surface area (Å²) in [6, 6.07) is 8.05. The Morgan fingerprint density at radius 1 is 1.29 bits per heavy atom. The van der Waals surface area contributed by atoms with Crippen LogP contribution in [0, 0.1) is 0 Å². The number of hydrogen-bond donors (Lipinski definition) is 2. The van der Waals surface area contributed by atoms with Crippen molar-refractivity contribution >= 4 is 0 Å². The molecule has 0 aliphatic heterocycles. The van der Waals surface area contributed by atoms with Crippen molar-refractivity contribution in [2.24, 2.45) is 5.73 Å². The van der Waals surface area contributed by atoms with E-state index in [-0.39, 0.29) is 5.41 Å². The fourth-order valence-corrected chi connectivity index (χ4v) is 2.58. The lowest BCUT2D eigenvalue weighted by Gasteiger charge is -2.24. The van der Waals surface area contributed by atoms with Crippen LogP contribution in [0.1, 0.15) is 31.4 Å². The third-order valence-corrected chi connectivity index (χ3v) is 3.23. The predicted molar refractivity (Wildman–Crippen MR) is 57.0 cm³/mol. The second-order valence-corrected chi connectivity index (χ2v) is 4.84. The van der Waals surface area contributed by atoms with Crippen LogP contribution in [0.3, 0.4) is 0 Å². The third kappa shape index (κ3) is 1.18. The van der Waals surface area contributed by atoms with Gasteiger partial charge in [0.05, 0.1) is 0 Å². The molecule has 0 amide bonds. The summed E-state index contributed by atoms with van der Waals surface area (Å²) in [7, 11) is 0. The van der Waals surface area contributed by atoms with Gasteiger partial charge in [-0.3, -0.25) is 0 Å². The predicted octanol–water partition coefficient (Wildman–Crippen LogP) is 1.51. The number of nitrogens with two attached hydrogens (primary N) is 1. The quantitative estimate of drug-likeness (QED) is 0.707. The Labute approximate surface area is 84.7 Å². The van der Waals surface area contributed by atoms with Gasteiger partial charge >= 0.3 is 0 Å². The fourth-order valence-electron chi connectivity index (χ4n) is 2.58. The van der Waals surface area contributed by atoms with E-state index in [0.29, 0.717) is 6.54 Å². The molecule has 1 aliphatic carbocycles. The van der Waals surface area contributed by atoms with Gasteiger partial charge in [-0.2, -0.15) is 0 Å². The van der Waals surface area contributed by atoms with E-state index in [2.05, 4.69) is 19.9 Å². The van der Waals surface area contributed by atoms with Gasteiger partial charge in [0, 0.05) is 6.54 Å². The van der Waals surface area contributed by atoms with Crippen molar-refractivity contribution in [1.82, 2.24) is 0 Å². The molecular formula is C12H17NO. The average molecular weight is 191 g/mol. The summed E-state index contributed by atoms with van der Waals surface area (Å²) in [6.07, 6.45) is 0.718. The fraction of sp³-hybridized carbons (Fsp3) is 0.500. The molecule has 0 spiro atoms. The van der Waals surface area contributed by atoms with E-state index in [0.717, 1.165) is 12.0 Å². The molecule has 14 heavy (non-hydrogen) atoms. The second-order valence-electron chi connectivity index (χ2n) is 4.84. The maximum Gasteiger partial charge on any atom is 0.103 e. The van der Waals surface area contributed by atoms with Gasteiger partial charge in [0.15, 0.2) is 0 Å². The molecule has 1 aliphatic rings. The second kappa shape index (κ2) is 2.81. The summed E-state index contributed by atoms with van der Waals surface area (Å²) >= 11 is 0. The Morgan fingerprint density at radius 3 is 2.43 bits per heavy atom. The maximum atomic E-state index is 10.4. The molecule has 2 heteroatoms. The number of fused-ring (bicyclic) bond motifs is 1. The van der Waals surface area contributed by atoms with E-state index in [1.165, 1.54) is 5.56 Å². The van der Waals surface area contributed by atoms with Crippen molar-refractivity contribution in [3.63, 3.8) is 0 Å². The first kappa shape index (κ1) is 9.69. The maximum absolute atomic E-state index is 10.4. The highest BCUT2D eigenvalue weighted by atomic mass is 16.3. The molecule has 0 radical (unpaired) electrons. The van der Waals surface area contributed by atoms with Crippen molar-refractivity contribution in [3.05, 3.63) is 35.4 Å². The molecule has 0 heterocycles. The Hall–Kier alpha value is -0.860. The van der Waals surface area contributed by atoms with Crippen LogP contribution in [0.25, 0.3) is 0 Å². The highest BCUT2D eigenvalue weighted by molar-refractivity contribution is 5.43. The third-order valence-electron chi connectivity index (χ3n) is 3.23. The molecule has 0 saturated carbocycles. The van der Waals surface area contributed by atoms with Gasteiger partial charge in [-0.25, -0.2) is 0 Å². The first-order valence-corrected chi connectivity index (χ1v) is 5.02. The summed E-state index contributed by atoms with van der Waals surface area (Å²) in [4.78, 5) is 0. The molecule has 1 aromatic carbocycles. The van der Waals surface area contributed by atoms with Crippen LogP contribution in [0.2, 0.25) is 0 Å². The molecule has 3 N–H and O–H groups in total. The summed E-state index contributed by atoms with van der Waals surface area (Å²) in [5.41, 5.74) is 7.10. The minimum Gasteiger partial charge on any atom is -0.384 e. The first-order chi connectivity index (χ1) is 6.49. The SMILES string of the molecule is CC1(C)CC(O)(CN)c2ccccc21. The molecule has 0 bridgehead atoms. The number of benzene rings is 1. The smallest absolute Gasteiger partial charge is 0.103 e. The Balaban J connectivity index is 2.60. The van der Waals surface area contributed by atoms with Crippen LogP contribution in [-0.4, -0.2) is 11.7 Å². The zero-order valence-electron chi connectivity index (χ0n) is 8.75. The van der Waals surface area contributed by atoms with Gasteiger partial charge < -0.3 is 10.8 Å². The van der Waals surface area contributed by atoms with Gasteiger partial charge in [-0.05, 0) is 23.0 Å². The first-order valence-electron chi connectivity index (χ1n) is 5.02. The molecule has 0 aromatic heterocycles. The summed E-state index contributed by atoms with van der Waals surface area (Å²) < 4.78 is 0. The number of rotatable bonds is 1. The van der Waals surface area contributed by atoms with Crippen LogP contribution in [0.15, 0.2) is 24.3 Å². The molecule has 0 fully saturated rings. The Bertz CT molecular complexity index is 359. The lowest BCUT2D eigenvalue weighted by Crippen LogP contribution is -2.33. The van der Waals surface area contributed by atoms with Gasteiger partial charge in [-0.1, -0.05) is 38.1 Å². The topological polar surface area (TPSA) is 46.2 Å². The lowest BCUT2D eigenvalue weighted by atomic mass is 9.85. The van der Waals surface area contributed by atoms with Crippen LogP contribution in [0.5, 0.6) is 0 Å².